The number of amides is 1. The molecule has 0 unspecified atom stereocenters. The number of rotatable bonds is 4. The minimum absolute atomic E-state index is 0.105. The zero-order valence-corrected chi connectivity index (χ0v) is 15.3. The van der Waals surface area contributed by atoms with Gasteiger partial charge in [0.15, 0.2) is 0 Å². The molecule has 0 aromatic carbocycles. The average molecular weight is 337 g/mol. The number of aliphatic hydroxyl groups excluding tert-OH is 2. The molecule has 1 amide bonds. The Labute approximate surface area is 145 Å². The van der Waals surface area contributed by atoms with Gasteiger partial charge >= 0.3 is 6.09 Å². The van der Waals surface area contributed by atoms with E-state index in [1.165, 1.54) is 0 Å². The van der Waals surface area contributed by atoms with Crippen LogP contribution in [-0.4, -0.2) is 40.7 Å². The van der Waals surface area contributed by atoms with Crippen LogP contribution >= 0.6 is 0 Å². The van der Waals surface area contributed by atoms with Crippen LogP contribution in [0.25, 0.3) is 0 Å². The van der Waals surface area contributed by atoms with Crippen molar-refractivity contribution in [2.45, 2.75) is 71.2 Å². The van der Waals surface area contributed by atoms with E-state index in [1.54, 1.807) is 20.8 Å². The van der Waals surface area contributed by atoms with Gasteiger partial charge in [0.25, 0.3) is 0 Å². The van der Waals surface area contributed by atoms with Crippen molar-refractivity contribution in [3.05, 3.63) is 12.2 Å². The van der Waals surface area contributed by atoms with Crippen LogP contribution in [0.4, 0.5) is 4.79 Å². The predicted molar refractivity (Wildman–Crippen MR) is 94.3 cm³/mol. The van der Waals surface area contributed by atoms with Crippen LogP contribution in [-0.2, 0) is 4.74 Å². The van der Waals surface area contributed by atoms with Gasteiger partial charge in [-0.15, -0.1) is 0 Å². The topological polar surface area (TPSA) is 78.8 Å². The molecule has 3 N–H and O–H groups in total. The Morgan fingerprint density at radius 3 is 2.75 bits per heavy atom. The molecule has 0 spiro atoms. The van der Waals surface area contributed by atoms with Gasteiger partial charge in [0.2, 0.25) is 0 Å². The standard InChI is InChI=1S/C19H31NO4/c1-13-10-15(14(2)17(22)11-13)12-16(21)8-6-7-9-20-18(23)24-19(3,4)5/h13,15-17,21-22H,2,7,9-12H2,1,3-5H3,(H,20,23)/t13-,15+,16-,17-/m1/s1. The first-order valence-electron chi connectivity index (χ1n) is 8.58. The first-order valence-corrected chi connectivity index (χ1v) is 8.58. The lowest BCUT2D eigenvalue weighted by molar-refractivity contribution is 0.0529. The fourth-order valence-corrected chi connectivity index (χ4v) is 2.85. The van der Waals surface area contributed by atoms with Gasteiger partial charge < -0.3 is 20.3 Å². The third kappa shape index (κ3) is 7.85. The molecule has 0 saturated heterocycles. The fourth-order valence-electron chi connectivity index (χ4n) is 2.85. The molecule has 0 bridgehead atoms. The molecule has 1 fully saturated rings. The minimum atomic E-state index is -0.745. The highest BCUT2D eigenvalue weighted by Gasteiger charge is 2.29. The van der Waals surface area contributed by atoms with Crippen LogP contribution in [0.2, 0.25) is 0 Å². The number of carbonyl (C=O) groups is 1. The van der Waals surface area contributed by atoms with Gasteiger partial charge in [-0.3, -0.25) is 0 Å². The van der Waals surface area contributed by atoms with E-state index in [2.05, 4.69) is 30.7 Å². The summed E-state index contributed by atoms with van der Waals surface area (Å²) in [5, 5.41) is 22.6. The molecule has 1 rings (SSSR count). The maximum absolute atomic E-state index is 11.5. The summed E-state index contributed by atoms with van der Waals surface area (Å²) in [4.78, 5) is 11.5. The Morgan fingerprint density at radius 2 is 2.12 bits per heavy atom. The lowest BCUT2D eigenvalue weighted by Crippen LogP contribution is -2.32. The normalized spacial score (nSPS) is 25.4. The van der Waals surface area contributed by atoms with Gasteiger partial charge in [-0.1, -0.05) is 25.3 Å². The van der Waals surface area contributed by atoms with Gasteiger partial charge in [-0.2, -0.15) is 0 Å². The molecule has 1 saturated carbocycles. The molecule has 4 atom stereocenters. The van der Waals surface area contributed by atoms with Gasteiger partial charge in [-0.05, 0) is 57.4 Å². The lowest BCUT2D eigenvalue weighted by atomic mass is 9.75. The molecule has 24 heavy (non-hydrogen) atoms. The third-order valence-electron chi connectivity index (χ3n) is 3.96. The van der Waals surface area contributed by atoms with Crippen molar-refractivity contribution in [3.63, 3.8) is 0 Å². The van der Waals surface area contributed by atoms with Crippen LogP contribution in [0.15, 0.2) is 12.2 Å². The van der Waals surface area contributed by atoms with E-state index >= 15 is 0 Å². The zero-order valence-electron chi connectivity index (χ0n) is 15.3. The van der Waals surface area contributed by atoms with Gasteiger partial charge in [-0.25, -0.2) is 4.79 Å². The van der Waals surface area contributed by atoms with Crippen molar-refractivity contribution in [1.29, 1.82) is 0 Å². The van der Waals surface area contributed by atoms with Crippen molar-refractivity contribution in [3.8, 4) is 11.8 Å². The molecule has 136 valence electrons. The monoisotopic (exact) mass is 337 g/mol. The van der Waals surface area contributed by atoms with E-state index in [4.69, 9.17) is 4.74 Å². The fraction of sp³-hybridized carbons (Fsp3) is 0.737. The molecule has 0 aliphatic heterocycles. The number of aliphatic hydroxyl groups is 2. The zero-order chi connectivity index (χ0) is 18.3. The minimum Gasteiger partial charge on any atom is -0.444 e. The summed E-state index contributed by atoms with van der Waals surface area (Å²) < 4.78 is 5.12. The number of hydrogen-bond donors (Lipinski definition) is 3. The maximum Gasteiger partial charge on any atom is 0.407 e. The molecule has 0 aromatic rings. The SMILES string of the molecule is C=C1[C@H](C[C@H](O)C#CCCNC(=O)OC(C)(C)C)C[C@@H](C)C[C@H]1O. The summed E-state index contributed by atoms with van der Waals surface area (Å²) in [6.07, 6.45) is 0.921. The van der Waals surface area contributed by atoms with E-state index in [-0.39, 0.29) is 5.92 Å². The molecule has 1 aliphatic rings. The van der Waals surface area contributed by atoms with Crippen molar-refractivity contribution >= 4 is 6.09 Å². The summed E-state index contributed by atoms with van der Waals surface area (Å²) in [5.41, 5.74) is 0.288. The van der Waals surface area contributed by atoms with E-state index in [1.807, 2.05) is 0 Å². The van der Waals surface area contributed by atoms with Gasteiger partial charge in [0.05, 0.1) is 6.10 Å². The number of ether oxygens (including phenoxy) is 1. The van der Waals surface area contributed by atoms with Crippen LogP contribution < -0.4 is 5.32 Å². The van der Waals surface area contributed by atoms with Gasteiger partial charge in [0.1, 0.15) is 11.7 Å². The number of carbonyl (C=O) groups excluding carboxylic acids is 1. The van der Waals surface area contributed by atoms with Crippen molar-refractivity contribution in [1.82, 2.24) is 5.32 Å². The second-order valence-corrected chi connectivity index (χ2v) is 7.62. The number of alkyl carbamates (subject to hydrolysis) is 1. The number of hydrogen-bond acceptors (Lipinski definition) is 4. The second-order valence-electron chi connectivity index (χ2n) is 7.62. The molecule has 0 radical (unpaired) electrons. The summed E-state index contributed by atoms with van der Waals surface area (Å²) in [6.45, 7) is 11.8. The Bertz CT molecular complexity index is 498. The summed E-state index contributed by atoms with van der Waals surface area (Å²) in [5.74, 6) is 6.19. The van der Waals surface area contributed by atoms with Crippen LogP contribution in [0.3, 0.4) is 0 Å². The Balaban J connectivity index is 2.31. The van der Waals surface area contributed by atoms with Crippen LogP contribution in [0.5, 0.6) is 0 Å². The molecular formula is C19H31NO4. The molecule has 0 heterocycles. The highest BCUT2D eigenvalue weighted by Crippen LogP contribution is 2.35. The molecule has 5 heteroatoms. The smallest absolute Gasteiger partial charge is 0.407 e. The Kier molecular flexibility index (Phi) is 7.78. The predicted octanol–water partition coefficient (Wildman–Crippen LogP) is 2.62. The largest absolute Gasteiger partial charge is 0.444 e. The van der Waals surface area contributed by atoms with Crippen molar-refractivity contribution in [2.75, 3.05) is 6.54 Å². The molecular weight excluding hydrogens is 306 g/mol. The van der Waals surface area contributed by atoms with Crippen molar-refractivity contribution < 1.29 is 19.7 Å². The molecule has 5 nitrogen and oxygen atoms in total. The summed E-state index contributed by atoms with van der Waals surface area (Å²) in [6, 6.07) is 0. The average Bonchev–Trinajstić information content (AvgIpc) is 2.41. The quantitative estimate of drug-likeness (QED) is 0.419. The lowest BCUT2D eigenvalue weighted by Gasteiger charge is -2.33. The first kappa shape index (κ1) is 20.5. The highest BCUT2D eigenvalue weighted by molar-refractivity contribution is 5.67. The van der Waals surface area contributed by atoms with E-state index < -0.39 is 23.9 Å². The second kappa shape index (κ2) is 9.10. The maximum atomic E-state index is 11.5. The van der Waals surface area contributed by atoms with Gasteiger partial charge in [0, 0.05) is 13.0 Å². The molecule has 0 aromatic heterocycles. The number of nitrogens with one attached hydrogen (secondary N) is 1. The summed E-state index contributed by atoms with van der Waals surface area (Å²) >= 11 is 0. The summed E-state index contributed by atoms with van der Waals surface area (Å²) in [7, 11) is 0. The first-order chi connectivity index (χ1) is 11.1. The Hall–Kier alpha value is -1.51. The van der Waals surface area contributed by atoms with E-state index in [9.17, 15) is 15.0 Å². The molecule has 1 aliphatic carbocycles. The Morgan fingerprint density at radius 1 is 1.46 bits per heavy atom. The van der Waals surface area contributed by atoms with Crippen LogP contribution in [0, 0.1) is 23.7 Å². The van der Waals surface area contributed by atoms with Crippen LogP contribution in [0.1, 0.15) is 53.4 Å². The third-order valence-corrected chi connectivity index (χ3v) is 3.96. The van der Waals surface area contributed by atoms with Crippen molar-refractivity contribution in [2.24, 2.45) is 11.8 Å². The van der Waals surface area contributed by atoms with E-state index in [0.717, 1.165) is 18.4 Å². The highest BCUT2D eigenvalue weighted by atomic mass is 16.6. The van der Waals surface area contributed by atoms with E-state index in [0.29, 0.717) is 25.3 Å².